The maximum absolute atomic E-state index is 14.3. The van der Waals surface area contributed by atoms with Gasteiger partial charge in [0.15, 0.2) is 0 Å². The number of nitrogens with zero attached hydrogens (tertiary/aromatic N) is 10. The number of carbonyl (C=O) groups excluding carboxylic acids is 5. The van der Waals surface area contributed by atoms with E-state index in [1.807, 2.05) is 79.7 Å². The van der Waals surface area contributed by atoms with Gasteiger partial charge in [-0.25, -0.2) is 37.7 Å². The van der Waals surface area contributed by atoms with Crippen LogP contribution in [0.5, 0.6) is 17.6 Å². The highest BCUT2D eigenvalue weighted by Crippen LogP contribution is 2.48. The zero-order valence-corrected chi connectivity index (χ0v) is 85.2. The summed E-state index contributed by atoms with van der Waals surface area (Å²) in [7, 11) is 9.97. The molecule has 0 saturated heterocycles. The van der Waals surface area contributed by atoms with Crippen molar-refractivity contribution in [2.24, 2.45) is 0 Å². The molecule has 0 aliphatic carbocycles. The standard InChI is InChI=1S/C36H35Br2ClF4N4O4.C36H40ClFN4O4.C32H29BrClFN4O2/c1-35(2,3)51-34(49)46(16-8-11-30(48)45(4)5)17-18-50-29-15-12-22(21-44-29)31(33-32(37)25-9-6-7-10-28(25)47(33)38)26(20-36(41,42)43)24-14-13-23(40)19-27(24)39;1-7-27(28-16-15-26(38)22-29(28)37)34(31-21-24-11-8-9-12-30(24)40-31)25-14-17-32(39-23-25)45-20-19-42(35(44)46-36(2,3)4)18-10-13-33(43)41(5)6;1-39(2)29(40)11-5-3-4-8-16-41-28-15-12-21(20-37-28)30(32-31(33)25-9-6-7-10-27(25)38-32)26(18-34)24-14-13-23(35)17-22(24)19-36/h6-15,19,21H,16-18,20H2,1-5H3;8-17,21-23,40H,7,18-20H2,1-6H3;5-7,9-15,17,20,38H,3-4,8,16,18H2,1-2H3/b11-8+,31-26+;13-10+,34-27+;11-5+,30-26+. The second-order valence-electron chi connectivity index (χ2n) is 33.9. The zero-order chi connectivity index (χ0) is 100. The summed E-state index contributed by atoms with van der Waals surface area (Å²) in [5.74, 6) is -0.983. The molecule has 0 unspecified atom stereocenters. The average Bonchev–Trinajstić information content (AvgIpc) is 1.58. The third-order valence-electron chi connectivity index (χ3n) is 20.8. The van der Waals surface area contributed by atoms with E-state index in [-0.39, 0.29) is 102 Å². The minimum absolute atomic E-state index is 0.000982. The number of fused-ring (bicyclic) bond motifs is 3. The molecule has 6 heterocycles. The van der Waals surface area contributed by atoms with Crippen molar-refractivity contribution in [3.8, 4) is 23.7 Å². The third-order valence-corrected chi connectivity index (χ3v) is 24.0. The SMILES string of the molecule is CC/C(=C(/c1ccc(OCCN(C/C=C/C(=O)N(C)C)C(=O)OC(C)(C)C)nc1)c1cc2ccccc2[nH]1)c1ccc(F)cc1Cl.CN(C)C(=O)/C=C/CCCCOc1ccc(/C(=C(/CCl)c2ccc(F)cc2C#N)c2[nH]c3ccccc3c2Br)cn1.CN(C)C(=O)/C=C/CN(CCOc1ccc(/C(=C(/CC(F)(F)F)c2ccc(F)cc2Cl)c2c(Br)c3ccccc3n2Br)cn1)C(=O)OC(C)(C)C. The normalized spacial score (nSPS) is 12.3. The number of halogens is 12. The molecule has 0 atom stereocenters. The first-order valence-corrected chi connectivity index (χ1v) is 47.2. The van der Waals surface area contributed by atoms with Crippen molar-refractivity contribution in [1.29, 1.82) is 5.26 Å². The summed E-state index contributed by atoms with van der Waals surface area (Å²) in [6.07, 6.45) is 10.1. The van der Waals surface area contributed by atoms with Gasteiger partial charge in [-0.1, -0.05) is 121 Å². The molecule has 138 heavy (non-hydrogen) atoms. The van der Waals surface area contributed by atoms with E-state index in [0.717, 1.165) is 108 Å². The number of pyridine rings is 3. The van der Waals surface area contributed by atoms with Gasteiger partial charge in [0.05, 0.1) is 89.8 Å². The summed E-state index contributed by atoms with van der Waals surface area (Å²) in [5, 5.41) is 12.7. The van der Waals surface area contributed by atoms with Crippen LogP contribution in [0.4, 0.5) is 35.9 Å². The monoisotopic (exact) mass is 2140 g/mol. The molecule has 12 rings (SSSR count). The van der Waals surface area contributed by atoms with Crippen LogP contribution in [0.1, 0.15) is 137 Å². The van der Waals surface area contributed by atoms with Gasteiger partial charge in [0.25, 0.3) is 0 Å². The molecule has 6 aromatic heterocycles. The molecule has 0 fully saturated rings. The van der Waals surface area contributed by atoms with Crippen molar-refractivity contribution < 1.29 is 74.0 Å². The number of ether oxygens (including phenoxy) is 5. The van der Waals surface area contributed by atoms with Gasteiger partial charge < -0.3 is 58.2 Å². The molecule has 0 saturated carbocycles. The van der Waals surface area contributed by atoms with Crippen LogP contribution in [0.2, 0.25) is 10.0 Å². The van der Waals surface area contributed by atoms with E-state index in [2.05, 4.69) is 85.1 Å². The zero-order valence-electron chi connectivity index (χ0n) is 78.1. The van der Waals surface area contributed by atoms with Gasteiger partial charge >= 0.3 is 18.4 Å². The largest absolute Gasteiger partial charge is 0.478 e. The number of aromatic nitrogens is 6. The molecule has 6 aromatic carbocycles. The van der Waals surface area contributed by atoms with Crippen LogP contribution in [-0.4, -0.2) is 194 Å². The van der Waals surface area contributed by atoms with Crippen LogP contribution in [0.15, 0.2) is 234 Å². The second kappa shape index (κ2) is 49.7. The molecule has 2 N–H and O–H groups in total. The summed E-state index contributed by atoms with van der Waals surface area (Å²) in [4.78, 5) is 88.9. The van der Waals surface area contributed by atoms with Crippen LogP contribution in [0.3, 0.4) is 0 Å². The van der Waals surface area contributed by atoms with E-state index in [9.17, 15) is 55.6 Å². The fourth-order valence-corrected chi connectivity index (χ4v) is 17.3. The van der Waals surface area contributed by atoms with E-state index in [1.54, 1.807) is 167 Å². The van der Waals surface area contributed by atoms with Crippen molar-refractivity contribution in [1.82, 2.24) is 53.0 Å². The number of rotatable bonds is 33. The number of allylic oxidation sites excluding steroid dienone is 4. The van der Waals surface area contributed by atoms with Gasteiger partial charge in [-0.2, -0.15) is 18.4 Å². The number of carbonyl (C=O) groups is 5. The van der Waals surface area contributed by atoms with Gasteiger partial charge in [-0.3, -0.25) is 18.0 Å². The Hall–Kier alpha value is -12.4. The number of unbranched alkanes of at least 4 members (excludes halogenated alkanes) is 2. The minimum Gasteiger partial charge on any atom is -0.478 e. The quantitative estimate of drug-likeness (QED) is 0.0168. The highest BCUT2D eigenvalue weighted by atomic mass is 79.9. The Morgan fingerprint density at radius 1 is 0.514 bits per heavy atom. The lowest BCUT2D eigenvalue weighted by atomic mass is 9.90. The number of hydrogen-bond donors (Lipinski definition) is 2. The van der Waals surface area contributed by atoms with Gasteiger partial charge in [0.2, 0.25) is 35.4 Å². The van der Waals surface area contributed by atoms with Crippen LogP contribution in [-0.2, 0) is 23.9 Å². The number of nitrogens with one attached hydrogen (secondary N) is 2. The van der Waals surface area contributed by atoms with Crippen LogP contribution >= 0.6 is 82.8 Å². The lowest BCUT2D eigenvalue weighted by Crippen LogP contribution is -2.39. The average molecular weight is 2140 g/mol. The fraction of sp³-hybridized carbons (Fsp3) is 0.279. The molecule has 724 valence electrons. The topological polar surface area (TPSA) is 247 Å². The molecule has 34 heteroatoms. The molecular weight excluding hydrogens is 2040 g/mol. The first-order chi connectivity index (χ1) is 65.5. The Morgan fingerprint density at radius 3 is 1.43 bits per heavy atom. The van der Waals surface area contributed by atoms with Gasteiger partial charge in [-0.05, 0) is 217 Å². The number of H-pyrrole nitrogens is 2. The van der Waals surface area contributed by atoms with Crippen LogP contribution < -0.4 is 14.2 Å². The van der Waals surface area contributed by atoms with E-state index < -0.39 is 53.4 Å². The van der Waals surface area contributed by atoms with Crippen LogP contribution in [0.25, 0.3) is 66.1 Å². The van der Waals surface area contributed by atoms with Gasteiger partial charge in [0.1, 0.15) is 41.9 Å². The van der Waals surface area contributed by atoms with Crippen molar-refractivity contribution in [2.75, 3.05) is 94.2 Å². The maximum atomic E-state index is 14.3. The first-order valence-electron chi connectivity index (χ1n) is 43.7. The number of alkyl halides is 4. The number of likely N-dealkylation sites (N-methyl/N-ethyl adjacent to an activating group) is 3. The summed E-state index contributed by atoms with van der Waals surface area (Å²) in [6.45, 7) is 13.8. The number of hydrogen-bond acceptors (Lipinski definition) is 14. The second-order valence-corrected chi connectivity index (χ2v) is 37.3. The lowest BCUT2D eigenvalue weighted by molar-refractivity contribution is -0.124. The molecule has 0 spiro atoms. The number of amides is 5. The first kappa shape index (κ1) is 108. The molecule has 0 bridgehead atoms. The Kier molecular flexibility index (Phi) is 38.8. The number of benzene rings is 6. The summed E-state index contributed by atoms with van der Waals surface area (Å²) >= 11 is 30.4. The van der Waals surface area contributed by atoms with Gasteiger partial charge in [0, 0.05) is 176 Å². The van der Waals surface area contributed by atoms with E-state index in [0.29, 0.717) is 56.6 Å². The summed E-state index contributed by atoms with van der Waals surface area (Å²) < 4.78 is 117. The predicted octanol–water partition coefficient (Wildman–Crippen LogP) is 25.6. The summed E-state index contributed by atoms with van der Waals surface area (Å²) in [6, 6.07) is 49.5. The highest BCUT2D eigenvalue weighted by Gasteiger charge is 2.35. The Labute approximate surface area is 838 Å². The lowest BCUT2D eigenvalue weighted by Gasteiger charge is -2.26. The minimum atomic E-state index is -4.67. The predicted molar refractivity (Wildman–Crippen MR) is 544 cm³/mol. The highest BCUT2D eigenvalue weighted by molar-refractivity contribution is 9.11. The smallest absolute Gasteiger partial charge is 0.410 e. The Morgan fingerprint density at radius 2 is 0.971 bits per heavy atom. The Bertz CT molecular complexity index is 6500. The maximum Gasteiger partial charge on any atom is 0.410 e. The molecule has 12 aromatic rings. The van der Waals surface area contributed by atoms with Crippen molar-refractivity contribution >= 4 is 179 Å². The summed E-state index contributed by atoms with van der Waals surface area (Å²) in [5.41, 5.74) is 9.63. The van der Waals surface area contributed by atoms with E-state index in [1.165, 1.54) is 79.2 Å². The van der Waals surface area contributed by atoms with Crippen molar-refractivity contribution in [3.63, 3.8) is 0 Å². The fourth-order valence-electron chi connectivity index (χ4n) is 14.2. The molecule has 0 aliphatic heterocycles. The molecule has 5 amide bonds. The molecule has 0 radical (unpaired) electrons. The molecule has 22 nitrogen and oxygen atoms in total. The van der Waals surface area contributed by atoms with Crippen molar-refractivity contribution in [3.05, 3.63) is 317 Å². The van der Waals surface area contributed by atoms with Crippen LogP contribution in [0, 0.1) is 28.8 Å². The van der Waals surface area contributed by atoms with Gasteiger partial charge in [-0.15, -0.1) is 11.6 Å². The third kappa shape index (κ3) is 30.0. The Balaban J connectivity index is 0.000000215. The molecular formula is C104H104Br3Cl3F6N12O10. The number of aromatic amines is 2. The number of para-hydroxylation sites is 3. The van der Waals surface area contributed by atoms with Crippen molar-refractivity contribution in [2.45, 2.75) is 97.9 Å². The van der Waals surface area contributed by atoms with E-state index >= 15 is 0 Å². The molecule has 0 aliphatic rings. The number of nitriles is 1. The van der Waals surface area contributed by atoms with E-state index in [4.69, 9.17) is 58.5 Å².